The third-order valence-electron chi connectivity index (χ3n) is 3.98. The van der Waals surface area contributed by atoms with Crippen LogP contribution in [0.3, 0.4) is 0 Å². The molecular weight excluding hydrogens is 190 g/mol. The number of likely N-dealkylation sites (N-methyl/N-ethyl adjacent to an activating group) is 1. The first-order valence-corrected chi connectivity index (χ1v) is 5.72. The average molecular weight is 211 g/mol. The Kier molecular flexibility index (Phi) is 2.51. The summed E-state index contributed by atoms with van der Waals surface area (Å²) >= 11 is 0. The third kappa shape index (κ3) is 1.66. The van der Waals surface area contributed by atoms with Gasteiger partial charge in [0.1, 0.15) is 0 Å². The quantitative estimate of drug-likeness (QED) is 0.693. The lowest BCUT2D eigenvalue weighted by molar-refractivity contribution is -0.134. The molecule has 0 saturated carbocycles. The van der Waals surface area contributed by atoms with E-state index in [1.54, 1.807) is 0 Å². The minimum Gasteiger partial charge on any atom is -0.344 e. The first-order chi connectivity index (χ1) is 6.94. The highest BCUT2D eigenvalue weighted by Crippen LogP contribution is 2.30. The van der Waals surface area contributed by atoms with Crippen LogP contribution in [0.2, 0.25) is 0 Å². The Morgan fingerprint density at radius 1 is 1.47 bits per heavy atom. The maximum Gasteiger partial charge on any atom is 0.239 e. The van der Waals surface area contributed by atoms with E-state index >= 15 is 0 Å². The summed E-state index contributed by atoms with van der Waals surface area (Å²) in [5, 5.41) is 0. The molecule has 86 valence electrons. The minimum atomic E-state index is -0.0680. The summed E-state index contributed by atoms with van der Waals surface area (Å²) in [6.45, 7) is 6.93. The van der Waals surface area contributed by atoms with Gasteiger partial charge in [-0.3, -0.25) is 9.69 Å². The minimum absolute atomic E-state index is 0.0680. The summed E-state index contributed by atoms with van der Waals surface area (Å²) < 4.78 is 0. The van der Waals surface area contributed by atoms with E-state index < -0.39 is 0 Å². The zero-order chi connectivity index (χ0) is 11.2. The lowest BCUT2D eigenvalue weighted by Gasteiger charge is -2.52. The number of hydrogen-bond acceptors (Lipinski definition) is 3. The molecule has 1 amide bonds. The second-order valence-corrected chi connectivity index (χ2v) is 5.36. The predicted molar refractivity (Wildman–Crippen MR) is 59.4 cm³/mol. The molecule has 2 heterocycles. The molecule has 15 heavy (non-hydrogen) atoms. The lowest BCUT2D eigenvalue weighted by Crippen LogP contribution is -2.72. The molecule has 2 aliphatic heterocycles. The van der Waals surface area contributed by atoms with Crippen molar-refractivity contribution in [3.05, 3.63) is 0 Å². The van der Waals surface area contributed by atoms with Gasteiger partial charge in [0.25, 0.3) is 0 Å². The number of rotatable bonds is 2. The number of carbonyl (C=O) groups excluding carboxylic acids is 1. The molecule has 2 fully saturated rings. The van der Waals surface area contributed by atoms with E-state index in [-0.39, 0.29) is 17.5 Å². The van der Waals surface area contributed by atoms with Gasteiger partial charge < -0.3 is 10.6 Å². The number of nitrogens with two attached hydrogens (primary N) is 1. The molecule has 1 unspecified atom stereocenters. The molecule has 0 bridgehead atoms. The van der Waals surface area contributed by atoms with Crippen LogP contribution in [0.25, 0.3) is 0 Å². The van der Waals surface area contributed by atoms with Gasteiger partial charge in [-0.25, -0.2) is 0 Å². The van der Waals surface area contributed by atoms with Gasteiger partial charge in [0.15, 0.2) is 0 Å². The summed E-state index contributed by atoms with van der Waals surface area (Å²) in [5.74, 6) is 0.754. The van der Waals surface area contributed by atoms with E-state index in [4.69, 9.17) is 5.73 Å². The van der Waals surface area contributed by atoms with Crippen LogP contribution in [0, 0.1) is 5.92 Å². The fourth-order valence-electron chi connectivity index (χ4n) is 2.44. The van der Waals surface area contributed by atoms with Crippen molar-refractivity contribution in [2.24, 2.45) is 11.7 Å². The largest absolute Gasteiger partial charge is 0.344 e. The summed E-state index contributed by atoms with van der Waals surface area (Å²) in [5.41, 5.74) is 6.15. The highest BCUT2D eigenvalue weighted by molar-refractivity contribution is 5.83. The maximum atomic E-state index is 11.8. The fraction of sp³-hybridized carbons (Fsp3) is 0.909. The van der Waals surface area contributed by atoms with Gasteiger partial charge in [-0.05, 0) is 12.3 Å². The number of nitrogens with zero attached hydrogens (tertiary/aromatic N) is 2. The van der Waals surface area contributed by atoms with Crippen LogP contribution in [0.5, 0.6) is 0 Å². The number of amides is 1. The predicted octanol–water partition coefficient (Wildman–Crippen LogP) is -0.114. The standard InChI is InChI=1S/C11H21N3O/c1-8(2)11(12)6-14(7-11)9-4-5-13(3)10(9)15/h8-9H,4-7,12H2,1-3H3. The van der Waals surface area contributed by atoms with E-state index in [9.17, 15) is 4.79 Å². The molecule has 2 N–H and O–H groups in total. The van der Waals surface area contributed by atoms with Crippen LogP contribution in [-0.4, -0.2) is 54.0 Å². The van der Waals surface area contributed by atoms with Gasteiger partial charge >= 0.3 is 0 Å². The SMILES string of the molecule is CC(C)C1(N)CN(C2CCN(C)C2=O)C1. The molecule has 4 heteroatoms. The van der Waals surface area contributed by atoms with Crippen LogP contribution in [0.4, 0.5) is 0 Å². The first kappa shape index (κ1) is 10.9. The summed E-state index contributed by atoms with van der Waals surface area (Å²) in [7, 11) is 1.88. The van der Waals surface area contributed by atoms with Gasteiger partial charge in [-0.2, -0.15) is 0 Å². The Morgan fingerprint density at radius 2 is 2.07 bits per heavy atom. The van der Waals surface area contributed by atoms with Crippen LogP contribution >= 0.6 is 0 Å². The van der Waals surface area contributed by atoms with E-state index in [1.165, 1.54) is 0 Å². The Balaban J connectivity index is 1.93. The maximum absolute atomic E-state index is 11.8. The Labute approximate surface area is 91.4 Å². The monoisotopic (exact) mass is 211 g/mol. The number of hydrogen-bond donors (Lipinski definition) is 1. The van der Waals surface area contributed by atoms with Crippen molar-refractivity contribution in [1.29, 1.82) is 0 Å². The summed E-state index contributed by atoms with van der Waals surface area (Å²) in [6.07, 6.45) is 0.962. The molecule has 0 aliphatic carbocycles. The van der Waals surface area contributed by atoms with Crippen molar-refractivity contribution in [2.75, 3.05) is 26.7 Å². The number of carbonyl (C=O) groups is 1. The van der Waals surface area contributed by atoms with Crippen LogP contribution in [0.1, 0.15) is 20.3 Å². The molecule has 0 spiro atoms. The Hall–Kier alpha value is -0.610. The topological polar surface area (TPSA) is 49.6 Å². The van der Waals surface area contributed by atoms with Crippen LogP contribution < -0.4 is 5.73 Å². The van der Waals surface area contributed by atoms with E-state index in [2.05, 4.69) is 18.7 Å². The lowest BCUT2D eigenvalue weighted by atomic mass is 9.79. The highest BCUT2D eigenvalue weighted by Gasteiger charge is 2.48. The zero-order valence-electron chi connectivity index (χ0n) is 9.86. The molecule has 4 nitrogen and oxygen atoms in total. The molecule has 2 aliphatic rings. The molecular formula is C11H21N3O. The second kappa shape index (κ2) is 3.46. The summed E-state index contributed by atoms with van der Waals surface area (Å²) in [6, 6.07) is 0.102. The van der Waals surface area contributed by atoms with Gasteiger partial charge in [-0.1, -0.05) is 13.8 Å². The smallest absolute Gasteiger partial charge is 0.239 e. The fourth-order valence-corrected chi connectivity index (χ4v) is 2.44. The molecule has 2 rings (SSSR count). The molecule has 1 atom stereocenters. The first-order valence-electron chi connectivity index (χ1n) is 5.72. The van der Waals surface area contributed by atoms with E-state index in [0.29, 0.717) is 5.92 Å². The van der Waals surface area contributed by atoms with E-state index in [1.807, 2.05) is 11.9 Å². The van der Waals surface area contributed by atoms with Crippen molar-refractivity contribution >= 4 is 5.91 Å². The molecule has 0 radical (unpaired) electrons. The molecule has 0 aromatic heterocycles. The zero-order valence-corrected chi connectivity index (χ0v) is 9.86. The van der Waals surface area contributed by atoms with Crippen molar-refractivity contribution in [2.45, 2.75) is 31.8 Å². The van der Waals surface area contributed by atoms with Crippen LogP contribution in [0.15, 0.2) is 0 Å². The molecule has 2 saturated heterocycles. The highest BCUT2D eigenvalue weighted by atomic mass is 16.2. The van der Waals surface area contributed by atoms with E-state index in [0.717, 1.165) is 26.1 Å². The van der Waals surface area contributed by atoms with Crippen molar-refractivity contribution in [3.63, 3.8) is 0 Å². The molecule has 0 aromatic carbocycles. The second-order valence-electron chi connectivity index (χ2n) is 5.36. The average Bonchev–Trinajstić information content (AvgIpc) is 2.42. The normalized spacial score (nSPS) is 31.1. The van der Waals surface area contributed by atoms with Gasteiger partial charge in [0, 0.05) is 32.2 Å². The van der Waals surface area contributed by atoms with Crippen molar-refractivity contribution in [3.8, 4) is 0 Å². The Morgan fingerprint density at radius 3 is 2.47 bits per heavy atom. The summed E-state index contributed by atoms with van der Waals surface area (Å²) in [4.78, 5) is 15.8. The van der Waals surface area contributed by atoms with Crippen molar-refractivity contribution < 1.29 is 4.79 Å². The number of likely N-dealkylation sites (tertiary alicyclic amines) is 2. The van der Waals surface area contributed by atoms with Crippen molar-refractivity contribution in [1.82, 2.24) is 9.80 Å². The van der Waals surface area contributed by atoms with Gasteiger partial charge in [0.2, 0.25) is 5.91 Å². The third-order valence-corrected chi connectivity index (χ3v) is 3.98. The van der Waals surface area contributed by atoms with Gasteiger partial charge in [0.05, 0.1) is 6.04 Å². The van der Waals surface area contributed by atoms with Crippen LogP contribution in [-0.2, 0) is 4.79 Å². The van der Waals surface area contributed by atoms with Gasteiger partial charge in [-0.15, -0.1) is 0 Å². The molecule has 0 aromatic rings. The Bertz CT molecular complexity index is 271.